The standard InChI is InChI=1S/C17H18N2O5/c1-17(2,24-16(18)20)15(12-8-4-3-5-9-12)23-14-11-7-6-10-13(14)19(21)22/h3-11,15H,1-2H3,(H2,18,20). The minimum atomic E-state index is -1.14. The van der Waals surface area contributed by atoms with Gasteiger partial charge in [-0.25, -0.2) is 4.79 Å². The molecule has 7 nitrogen and oxygen atoms in total. The first kappa shape index (κ1) is 17.3. The second-order valence-electron chi connectivity index (χ2n) is 5.66. The highest BCUT2D eigenvalue weighted by Gasteiger charge is 2.37. The number of nitrogens with two attached hydrogens (primary N) is 1. The maximum atomic E-state index is 11.2. The minimum absolute atomic E-state index is 0.0810. The Labute approximate surface area is 139 Å². The van der Waals surface area contributed by atoms with E-state index >= 15 is 0 Å². The van der Waals surface area contributed by atoms with Crippen LogP contribution >= 0.6 is 0 Å². The number of benzene rings is 2. The van der Waals surface area contributed by atoms with Crippen molar-refractivity contribution in [2.24, 2.45) is 5.73 Å². The molecule has 0 aliphatic rings. The Hall–Kier alpha value is -3.09. The number of para-hydroxylation sites is 2. The molecule has 2 N–H and O–H groups in total. The van der Waals surface area contributed by atoms with E-state index in [0.29, 0.717) is 5.56 Å². The Balaban J connectivity index is 2.45. The molecule has 2 rings (SSSR count). The summed E-state index contributed by atoms with van der Waals surface area (Å²) >= 11 is 0. The lowest BCUT2D eigenvalue weighted by molar-refractivity contribution is -0.386. The third kappa shape index (κ3) is 4.01. The van der Waals surface area contributed by atoms with Crippen LogP contribution in [0.2, 0.25) is 0 Å². The molecule has 0 radical (unpaired) electrons. The molecule has 0 bridgehead atoms. The summed E-state index contributed by atoms with van der Waals surface area (Å²) in [7, 11) is 0. The van der Waals surface area contributed by atoms with E-state index in [4.69, 9.17) is 15.2 Å². The Kier molecular flexibility index (Phi) is 5.03. The molecule has 0 saturated carbocycles. The van der Waals surface area contributed by atoms with Crippen molar-refractivity contribution in [1.82, 2.24) is 0 Å². The van der Waals surface area contributed by atoms with Crippen LogP contribution in [-0.4, -0.2) is 16.6 Å². The van der Waals surface area contributed by atoms with E-state index in [1.807, 2.05) is 6.07 Å². The lowest BCUT2D eigenvalue weighted by Gasteiger charge is -2.33. The van der Waals surface area contributed by atoms with Gasteiger partial charge < -0.3 is 15.2 Å². The van der Waals surface area contributed by atoms with Gasteiger partial charge in [-0.1, -0.05) is 42.5 Å². The first-order chi connectivity index (χ1) is 11.3. The number of nitro groups is 1. The van der Waals surface area contributed by atoms with Crippen molar-refractivity contribution in [3.05, 3.63) is 70.3 Å². The van der Waals surface area contributed by atoms with E-state index in [1.54, 1.807) is 50.2 Å². The molecule has 0 aliphatic carbocycles. The fourth-order valence-corrected chi connectivity index (χ4v) is 2.39. The van der Waals surface area contributed by atoms with Crippen molar-refractivity contribution >= 4 is 11.8 Å². The van der Waals surface area contributed by atoms with Crippen LogP contribution in [-0.2, 0) is 4.74 Å². The van der Waals surface area contributed by atoms with Crippen LogP contribution < -0.4 is 10.5 Å². The zero-order valence-corrected chi connectivity index (χ0v) is 13.3. The quantitative estimate of drug-likeness (QED) is 0.643. The Morgan fingerprint density at radius 2 is 1.71 bits per heavy atom. The van der Waals surface area contributed by atoms with E-state index in [9.17, 15) is 14.9 Å². The first-order valence-electron chi connectivity index (χ1n) is 7.25. The van der Waals surface area contributed by atoms with E-state index in [-0.39, 0.29) is 11.4 Å². The summed E-state index contributed by atoms with van der Waals surface area (Å²) in [5, 5.41) is 11.2. The van der Waals surface area contributed by atoms with Gasteiger partial charge in [-0.3, -0.25) is 10.1 Å². The fraction of sp³-hybridized carbons (Fsp3) is 0.235. The number of rotatable bonds is 6. The Morgan fingerprint density at radius 1 is 1.12 bits per heavy atom. The number of carbonyl (C=O) groups excluding carboxylic acids is 1. The predicted octanol–water partition coefficient (Wildman–Crippen LogP) is 3.59. The lowest BCUT2D eigenvalue weighted by atomic mass is 9.94. The van der Waals surface area contributed by atoms with Gasteiger partial charge >= 0.3 is 11.8 Å². The highest BCUT2D eigenvalue weighted by molar-refractivity contribution is 5.65. The van der Waals surface area contributed by atoms with Gasteiger partial charge in [0.05, 0.1) is 4.92 Å². The zero-order chi connectivity index (χ0) is 17.7. The number of hydrogen-bond acceptors (Lipinski definition) is 5. The highest BCUT2D eigenvalue weighted by Crippen LogP contribution is 2.37. The van der Waals surface area contributed by atoms with E-state index in [2.05, 4.69) is 0 Å². The number of amides is 1. The van der Waals surface area contributed by atoms with Gasteiger partial charge in [0.1, 0.15) is 5.60 Å². The largest absolute Gasteiger partial charge is 0.474 e. The fourth-order valence-electron chi connectivity index (χ4n) is 2.39. The average Bonchev–Trinajstić information content (AvgIpc) is 2.52. The number of nitrogens with zero attached hydrogens (tertiary/aromatic N) is 1. The maximum Gasteiger partial charge on any atom is 0.405 e. The van der Waals surface area contributed by atoms with Crippen LogP contribution in [0.25, 0.3) is 0 Å². The molecule has 24 heavy (non-hydrogen) atoms. The van der Waals surface area contributed by atoms with E-state index in [1.165, 1.54) is 12.1 Å². The van der Waals surface area contributed by atoms with Crippen LogP contribution in [0.3, 0.4) is 0 Å². The molecule has 2 aromatic carbocycles. The van der Waals surface area contributed by atoms with E-state index < -0.39 is 22.7 Å². The molecule has 1 unspecified atom stereocenters. The molecule has 0 aliphatic heterocycles. The Bertz CT molecular complexity index is 731. The predicted molar refractivity (Wildman–Crippen MR) is 87.7 cm³/mol. The van der Waals surface area contributed by atoms with Crippen LogP contribution in [0.4, 0.5) is 10.5 Å². The van der Waals surface area contributed by atoms with Gasteiger partial charge in [-0.2, -0.15) is 0 Å². The average molecular weight is 330 g/mol. The van der Waals surface area contributed by atoms with Crippen molar-refractivity contribution < 1.29 is 19.2 Å². The molecule has 1 atom stereocenters. The molecule has 2 aromatic rings. The van der Waals surface area contributed by atoms with Gasteiger partial charge in [0.2, 0.25) is 0 Å². The van der Waals surface area contributed by atoms with Gasteiger partial charge in [0, 0.05) is 6.07 Å². The summed E-state index contributed by atoms with van der Waals surface area (Å²) in [6, 6.07) is 15.0. The molecule has 126 valence electrons. The first-order valence-corrected chi connectivity index (χ1v) is 7.25. The van der Waals surface area contributed by atoms with Crippen LogP contribution in [0.15, 0.2) is 54.6 Å². The molecule has 7 heteroatoms. The summed E-state index contributed by atoms with van der Waals surface area (Å²) in [5.74, 6) is 0.0810. The zero-order valence-electron chi connectivity index (χ0n) is 13.3. The third-order valence-electron chi connectivity index (χ3n) is 3.40. The third-order valence-corrected chi connectivity index (χ3v) is 3.40. The molecule has 0 spiro atoms. The molecule has 0 aromatic heterocycles. The molecular formula is C17H18N2O5. The van der Waals surface area contributed by atoms with Crippen molar-refractivity contribution in [1.29, 1.82) is 0 Å². The normalized spacial score (nSPS) is 12.2. The Morgan fingerprint density at radius 3 is 2.29 bits per heavy atom. The van der Waals surface area contributed by atoms with Gasteiger partial charge in [-0.05, 0) is 25.5 Å². The van der Waals surface area contributed by atoms with Gasteiger partial charge in [-0.15, -0.1) is 0 Å². The molecular weight excluding hydrogens is 312 g/mol. The highest BCUT2D eigenvalue weighted by atomic mass is 16.6. The summed E-state index contributed by atoms with van der Waals surface area (Å²) in [6.07, 6.45) is -1.74. The van der Waals surface area contributed by atoms with Crippen LogP contribution in [0.1, 0.15) is 25.5 Å². The van der Waals surface area contributed by atoms with Crippen LogP contribution in [0.5, 0.6) is 5.75 Å². The monoisotopic (exact) mass is 330 g/mol. The van der Waals surface area contributed by atoms with Crippen molar-refractivity contribution in [2.75, 3.05) is 0 Å². The van der Waals surface area contributed by atoms with Gasteiger partial charge in [0.25, 0.3) is 0 Å². The number of nitro benzene ring substituents is 1. The summed E-state index contributed by atoms with van der Waals surface area (Å²) in [4.78, 5) is 21.9. The van der Waals surface area contributed by atoms with Crippen molar-refractivity contribution in [2.45, 2.75) is 25.6 Å². The van der Waals surface area contributed by atoms with E-state index in [0.717, 1.165) is 0 Å². The van der Waals surface area contributed by atoms with Crippen molar-refractivity contribution in [3.8, 4) is 5.75 Å². The molecule has 0 fully saturated rings. The minimum Gasteiger partial charge on any atom is -0.474 e. The number of ether oxygens (including phenoxy) is 2. The number of hydrogen-bond donors (Lipinski definition) is 1. The topological polar surface area (TPSA) is 105 Å². The maximum absolute atomic E-state index is 11.2. The molecule has 0 saturated heterocycles. The lowest BCUT2D eigenvalue weighted by Crippen LogP contribution is -2.40. The molecule has 1 amide bonds. The molecule has 0 heterocycles. The summed E-state index contributed by atoms with van der Waals surface area (Å²) in [6.45, 7) is 3.26. The smallest absolute Gasteiger partial charge is 0.405 e. The number of carbonyl (C=O) groups is 1. The van der Waals surface area contributed by atoms with Crippen molar-refractivity contribution in [3.63, 3.8) is 0 Å². The van der Waals surface area contributed by atoms with Crippen LogP contribution in [0, 0.1) is 10.1 Å². The van der Waals surface area contributed by atoms with Gasteiger partial charge in [0.15, 0.2) is 11.9 Å². The SMILES string of the molecule is CC(C)(OC(N)=O)C(Oc1ccccc1[N+](=O)[O-])c1ccccc1. The second-order valence-corrected chi connectivity index (χ2v) is 5.66. The number of primary amides is 1. The summed E-state index contributed by atoms with van der Waals surface area (Å²) in [5.41, 5.74) is 4.52. The summed E-state index contributed by atoms with van der Waals surface area (Å²) < 4.78 is 11.1. The second kappa shape index (κ2) is 6.99.